The molecule has 1 rings (SSSR count). The van der Waals surface area contributed by atoms with Crippen molar-refractivity contribution in [2.45, 2.75) is 31.9 Å². The molecule has 3 N–H and O–H groups in total. The quantitative estimate of drug-likeness (QED) is 0.674. The lowest BCUT2D eigenvalue weighted by atomic mass is 10.2. The maximum absolute atomic E-state index is 12.4. The lowest BCUT2D eigenvalue weighted by molar-refractivity contribution is -0.138. The second-order valence-corrected chi connectivity index (χ2v) is 4.66. The third-order valence-corrected chi connectivity index (χ3v) is 2.82. The molecule has 0 heterocycles. The number of hydrogen-bond acceptors (Lipinski definition) is 2. The zero-order valence-corrected chi connectivity index (χ0v) is 11.7. The third kappa shape index (κ3) is 6.96. The number of hydrogen-bond donors (Lipinski definition) is 3. The van der Waals surface area contributed by atoms with Crippen molar-refractivity contribution >= 4 is 17.7 Å². The summed E-state index contributed by atoms with van der Waals surface area (Å²) in [4.78, 5) is 21.8. The zero-order valence-electron chi connectivity index (χ0n) is 11.7. The van der Waals surface area contributed by atoms with Crippen molar-refractivity contribution in [3.05, 3.63) is 29.8 Å². The van der Waals surface area contributed by atoms with Crippen LogP contribution in [0.15, 0.2) is 24.3 Å². The molecule has 0 saturated heterocycles. The molecule has 8 heteroatoms. The number of carboxylic acid groups (broad SMARTS) is 1. The first-order valence-electron chi connectivity index (χ1n) is 6.73. The highest BCUT2D eigenvalue weighted by Crippen LogP contribution is 2.29. The molecule has 122 valence electrons. The van der Waals surface area contributed by atoms with Gasteiger partial charge in [-0.25, -0.2) is 4.79 Å². The minimum Gasteiger partial charge on any atom is -0.481 e. The lowest BCUT2D eigenvalue weighted by Gasteiger charge is -2.09. The monoisotopic (exact) mass is 318 g/mol. The van der Waals surface area contributed by atoms with Gasteiger partial charge in [0.15, 0.2) is 0 Å². The van der Waals surface area contributed by atoms with Gasteiger partial charge in [0.1, 0.15) is 0 Å². The van der Waals surface area contributed by atoms with E-state index in [0.717, 1.165) is 12.1 Å². The Hall–Kier alpha value is -2.25. The Labute approximate surface area is 125 Å². The second kappa shape index (κ2) is 8.26. The van der Waals surface area contributed by atoms with Crippen molar-refractivity contribution < 1.29 is 27.9 Å². The largest absolute Gasteiger partial charge is 0.481 e. The van der Waals surface area contributed by atoms with E-state index in [-0.39, 0.29) is 12.1 Å². The van der Waals surface area contributed by atoms with Gasteiger partial charge < -0.3 is 15.7 Å². The molecule has 0 bridgehead atoms. The number of aliphatic carboxylic acids is 1. The minimum atomic E-state index is -4.41. The zero-order chi connectivity index (χ0) is 16.6. The van der Waals surface area contributed by atoms with E-state index in [1.807, 2.05) is 0 Å². The molecule has 22 heavy (non-hydrogen) atoms. The maximum Gasteiger partial charge on any atom is 0.416 e. The molecule has 0 saturated carbocycles. The van der Waals surface area contributed by atoms with Crippen LogP contribution in [-0.2, 0) is 11.0 Å². The second-order valence-electron chi connectivity index (χ2n) is 4.66. The normalized spacial score (nSPS) is 11.0. The SMILES string of the molecule is O=C(O)CCCCCNC(=O)Nc1ccc(C(F)(F)F)cc1. The summed E-state index contributed by atoms with van der Waals surface area (Å²) < 4.78 is 37.1. The van der Waals surface area contributed by atoms with E-state index in [0.29, 0.717) is 25.8 Å². The van der Waals surface area contributed by atoms with Crippen molar-refractivity contribution in [3.8, 4) is 0 Å². The molecule has 0 spiro atoms. The third-order valence-electron chi connectivity index (χ3n) is 2.82. The molecule has 0 radical (unpaired) electrons. The predicted octanol–water partition coefficient (Wildman–Crippen LogP) is 3.47. The van der Waals surface area contributed by atoms with Gasteiger partial charge in [0.25, 0.3) is 0 Å². The summed E-state index contributed by atoms with van der Waals surface area (Å²) in [7, 11) is 0. The number of urea groups is 1. The topological polar surface area (TPSA) is 78.4 Å². The Morgan fingerprint density at radius 2 is 1.68 bits per heavy atom. The molecule has 0 unspecified atom stereocenters. The van der Waals surface area contributed by atoms with E-state index in [2.05, 4.69) is 10.6 Å². The van der Waals surface area contributed by atoms with Crippen LogP contribution in [0, 0.1) is 0 Å². The number of rotatable bonds is 7. The molecule has 0 aliphatic rings. The first-order chi connectivity index (χ1) is 10.3. The van der Waals surface area contributed by atoms with Crippen molar-refractivity contribution in [3.63, 3.8) is 0 Å². The summed E-state index contributed by atoms with van der Waals surface area (Å²) in [6.45, 7) is 0.367. The van der Waals surface area contributed by atoms with Gasteiger partial charge in [-0.1, -0.05) is 6.42 Å². The van der Waals surface area contributed by atoms with Crippen molar-refractivity contribution in [1.29, 1.82) is 0 Å². The van der Waals surface area contributed by atoms with Crippen LogP contribution >= 0.6 is 0 Å². The number of halogens is 3. The van der Waals surface area contributed by atoms with Crippen LogP contribution in [0.5, 0.6) is 0 Å². The van der Waals surface area contributed by atoms with E-state index < -0.39 is 23.7 Å². The molecule has 5 nitrogen and oxygen atoms in total. The number of amides is 2. The highest BCUT2D eigenvalue weighted by atomic mass is 19.4. The number of anilines is 1. The highest BCUT2D eigenvalue weighted by molar-refractivity contribution is 5.89. The first-order valence-corrected chi connectivity index (χ1v) is 6.73. The number of carboxylic acids is 1. The Morgan fingerprint density at radius 3 is 2.23 bits per heavy atom. The number of unbranched alkanes of at least 4 members (excludes halogenated alkanes) is 2. The van der Waals surface area contributed by atoms with Gasteiger partial charge in [-0.2, -0.15) is 13.2 Å². The summed E-state index contributed by atoms with van der Waals surface area (Å²) in [5.74, 6) is -0.854. The van der Waals surface area contributed by atoms with Gasteiger partial charge in [0.2, 0.25) is 0 Å². The van der Waals surface area contributed by atoms with Gasteiger partial charge in [0, 0.05) is 18.7 Å². The van der Waals surface area contributed by atoms with E-state index >= 15 is 0 Å². The predicted molar refractivity (Wildman–Crippen MR) is 74.6 cm³/mol. The average molecular weight is 318 g/mol. The average Bonchev–Trinajstić information content (AvgIpc) is 2.42. The van der Waals surface area contributed by atoms with Crippen LogP contribution in [0.25, 0.3) is 0 Å². The van der Waals surface area contributed by atoms with Crippen LogP contribution in [0.3, 0.4) is 0 Å². The van der Waals surface area contributed by atoms with Crippen LogP contribution < -0.4 is 10.6 Å². The Balaban J connectivity index is 2.26. The van der Waals surface area contributed by atoms with Gasteiger partial charge in [0.05, 0.1) is 5.56 Å². The smallest absolute Gasteiger partial charge is 0.416 e. The molecular weight excluding hydrogens is 301 g/mol. The number of nitrogens with one attached hydrogen (secondary N) is 2. The fourth-order valence-corrected chi connectivity index (χ4v) is 1.70. The standard InChI is InChI=1S/C14H17F3N2O3/c15-14(16,17)10-5-7-11(8-6-10)19-13(22)18-9-3-1-2-4-12(20)21/h5-8H,1-4,9H2,(H,20,21)(H2,18,19,22). The van der Waals surface area contributed by atoms with Crippen LogP contribution in [0.1, 0.15) is 31.2 Å². The maximum atomic E-state index is 12.4. The van der Waals surface area contributed by atoms with Crippen molar-refractivity contribution in [2.24, 2.45) is 0 Å². The lowest BCUT2D eigenvalue weighted by Crippen LogP contribution is -2.29. The van der Waals surface area contributed by atoms with Gasteiger partial charge >= 0.3 is 18.2 Å². The summed E-state index contributed by atoms with van der Waals surface area (Å²) in [6, 6.07) is 3.62. The summed E-state index contributed by atoms with van der Waals surface area (Å²) in [5, 5.41) is 13.4. The van der Waals surface area contributed by atoms with Crippen LogP contribution in [-0.4, -0.2) is 23.7 Å². The van der Waals surface area contributed by atoms with Gasteiger partial charge in [-0.15, -0.1) is 0 Å². The number of carbonyl (C=O) groups is 2. The summed E-state index contributed by atoms with van der Waals surface area (Å²) in [5.41, 5.74) is -0.520. The Bertz CT molecular complexity index is 501. The molecule has 0 atom stereocenters. The minimum absolute atomic E-state index is 0.0950. The molecule has 1 aromatic rings. The fourth-order valence-electron chi connectivity index (χ4n) is 1.70. The van der Waals surface area contributed by atoms with E-state index in [1.54, 1.807) is 0 Å². The van der Waals surface area contributed by atoms with E-state index in [9.17, 15) is 22.8 Å². The summed E-state index contributed by atoms with van der Waals surface area (Å²) in [6.07, 6.45) is -2.47. The first kappa shape index (κ1) is 17.8. The number of alkyl halides is 3. The molecule has 0 fully saturated rings. The molecule has 0 aliphatic heterocycles. The highest BCUT2D eigenvalue weighted by Gasteiger charge is 2.29. The fraction of sp³-hybridized carbons (Fsp3) is 0.429. The van der Waals surface area contributed by atoms with Crippen LogP contribution in [0.4, 0.5) is 23.7 Å². The molecule has 0 aromatic heterocycles. The van der Waals surface area contributed by atoms with E-state index in [4.69, 9.17) is 5.11 Å². The Morgan fingerprint density at radius 1 is 1.05 bits per heavy atom. The molecule has 0 aliphatic carbocycles. The van der Waals surface area contributed by atoms with Crippen molar-refractivity contribution in [2.75, 3.05) is 11.9 Å². The number of carbonyl (C=O) groups excluding carboxylic acids is 1. The molecular formula is C14H17F3N2O3. The van der Waals surface area contributed by atoms with Crippen molar-refractivity contribution in [1.82, 2.24) is 5.32 Å². The van der Waals surface area contributed by atoms with Gasteiger partial charge in [-0.05, 0) is 37.1 Å². The molecule has 2 amide bonds. The summed E-state index contributed by atoms with van der Waals surface area (Å²) >= 11 is 0. The van der Waals surface area contributed by atoms with Gasteiger partial charge in [-0.3, -0.25) is 4.79 Å². The Kier molecular flexibility index (Phi) is 6.68. The number of benzene rings is 1. The van der Waals surface area contributed by atoms with E-state index in [1.165, 1.54) is 12.1 Å². The molecule has 1 aromatic carbocycles. The van der Waals surface area contributed by atoms with Crippen LogP contribution in [0.2, 0.25) is 0 Å².